The molecule has 11 aromatic carbocycles. The fraction of sp³-hybridized carbons (Fsp3) is 0.359. The van der Waals surface area contributed by atoms with E-state index in [1.54, 1.807) is 5.56 Å². The minimum Gasteiger partial charge on any atom is -0.311 e. The van der Waals surface area contributed by atoms with Crippen LogP contribution in [0.15, 0.2) is 246 Å². The highest BCUT2D eigenvalue weighted by Gasteiger charge is 2.43. The quantitative estimate of drug-likeness (QED) is 0.0355. The molecule has 5 heteroatoms. The maximum absolute atomic E-state index is 3.84. The van der Waals surface area contributed by atoms with E-state index in [1.165, 1.54) is 258 Å². The number of aromatic nitrogens is 1. The van der Waals surface area contributed by atoms with Crippen molar-refractivity contribution in [3.8, 4) is 50.2 Å². The lowest BCUT2D eigenvalue weighted by molar-refractivity contribution is 0.398. The Kier molecular flexibility index (Phi) is 27.7. The van der Waals surface area contributed by atoms with E-state index in [1.807, 2.05) is 0 Å². The predicted molar refractivity (Wildman–Crippen MR) is 477 cm³/mol. The van der Waals surface area contributed by atoms with E-state index in [9.17, 15) is 0 Å². The van der Waals surface area contributed by atoms with Gasteiger partial charge in [0.2, 0.25) is 0 Å². The largest absolute Gasteiger partial charge is 0.311 e. The summed E-state index contributed by atoms with van der Waals surface area (Å²) < 4.78 is 4.89. The highest BCUT2D eigenvalue weighted by atomic mass is 79.9. The lowest BCUT2D eigenvalue weighted by Crippen LogP contribution is -2.25. The van der Waals surface area contributed by atoms with Crippen LogP contribution in [0.3, 0.4) is 0 Å². The van der Waals surface area contributed by atoms with Crippen molar-refractivity contribution in [3.05, 3.63) is 279 Å². The van der Waals surface area contributed by atoms with E-state index in [2.05, 4.69) is 324 Å². The third-order valence-electron chi connectivity index (χ3n) is 23.5. The van der Waals surface area contributed by atoms with Gasteiger partial charge in [0, 0.05) is 64.9 Å². The van der Waals surface area contributed by atoms with E-state index in [-0.39, 0.29) is 5.41 Å². The molecular weight excluding hydrogens is 1440 g/mol. The Morgan fingerprint density at radius 1 is 0.287 bits per heavy atom. The first-order valence-corrected chi connectivity index (χ1v) is 43.7. The molecule has 0 radical (unpaired) electrons. The van der Waals surface area contributed by atoms with Crippen LogP contribution >= 0.6 is 31.9 Å². The molecule has 0 spiro atoms. The van der Waals surface area contributed by atoms with Gasteiger partial charge in [-0.2, -0.15) is 0 Å². The molecule has 12 aromatic rings. The zero-order valence-electron chi connectivity index (χ0n) is 65.8. The number of benzene rings is 11. The average Bonchev–Trinajstić information content (AvgIpc) is 1.54. The Morgan fingerprint density at radius 3 is 1.16 bits per heavy atom. The SMILES string of the molecule is CCCCCCCCC1(CCCCCCCC)c2cc(-c3ccc(N(c4ccc(Br)cc4)c4ccc(-c5ccc(CCCC)cc5)cc4)cc3)ccc2-c2cc3c(cc21)c1ccccc1n3-c1cc(CCCCCC)c(N(c2ccc(Br)cc2)c2ccc(-c3ccc(CCCC)cc3)cc2)cc1CCCCCC. The molecule has 0 fully saturated rings. The summed E-state index contributed by atoms with van der Waals surface area (Å²) in [5.41, 5.74) is 30.0. The number of fused-ring (bicyclic) bond motifs is 6. The normalized spacial score (nSPS) is 12.3. The summed E-state index contributed by atoms with van der Waals surface area (Å²) in [7, 11) is 0. The molecule has 0 bridgehead atoms. The minimum absolute atomic E-state index is 0.138. The first-order chi connectivity index (χ1) is 53.1. The van der Waals surface area contributed by atoms with Gasteiger partial charge in [-0.15, -0.1) is 0 Å². The van der Waals surface area contributed by atoms with Crippen LogP contribution in [0.1, 0.15) is 242 Å². The second-order valence-electron chi connectivity index (χ2n) is 31.2. The molecule has 0 saturated heterocycles. The second-order valence-corrected chi connectivity index (χ2v) is 33.1. The van der Waals surface area contributed by atoms with E-state index >= 15 is 0 Å². The number of rotatable bonds is 40. The molecule has 0 amide bonds. The third kappa shape index (κ3) is 18.3. The van der Waals surface area contributed by atoms with Crippen molar-refractivity contribution in [1.29, 1.82) is 0 Å². The van der Waals surface area contributed by atoms with Gasteiger partial charge in [-0.05, 0) is 263 Å². The number of unbranched alkanes of at least 4 members (excludes halogenated alkanes) is 18. The molecule has 1 aliphatic carbocycles. The second kappa shape index (κ2) is 38.4. The summed E-state index contributed by atoms with van der Waals surface area (Å²) >= 11 is 7.60. The third-order valence-corrected chi connectivity index (χ3v) is 24.6. The highest BCUT2D eigenvalue weighted by Crippen LogP contribution is 2.57. The first kappa shape index (κ1) is 77.9. The standard InChI is InChI=1S/C103H117Br2N3/c1-7-13-19-23-25-31-69-103(70-32-26-24-20-14-8-2)97-71-83(82-51-60-89(61-52-82)106(90-64-54-86(104)55-65-90)88-58-47-80(48-59-88)78-43-39-76(40-44-78)33-17-11-5)53-68-93(97)95-75-102-96(74-98(95)103)94-37-29-30-38-99(94)108(102)101-73-84(35-27-21-15-9-3)100(72-85(101)36-28-22-16-10-4)107(92-66-56-87(105)57-67-92)91-62-49-81(50-63-91)79-45-41-77(42-46-79)34-18-12-6/h29-30,37-68,71-75H,7-28,31-36,69-70H2,1-6H3. The van der Waals surface area contributed by atoms with Crippen LogP contribution in [0.4, 0.5) is 34.1 Å². The summed E-state index contributed by atoms with van der Waals surface area (Å²) in [6.07, 6.45) is 36.4. The topological polar surface area (TPSA) is 11.4 Å². The number of halogens is 2. The Balaban J connectivity index is 0.950. The highest BCUT2D eigenvalue weighted by molar-refractivity contribution is 9.10. The minimum atomic E-state index is -0.138. The molecule has 0 aliphatic heterocycles. The number of para-hydroxylation sites is 1. The van der Waals surface area contributed by atoms with Crippen LogP contribution in [0.25, 0.3) is 72.0 Å². The number of hydrogen-bond acceptors (Lipinski definition) is 2. The van der Waals surface area contributed by atoms with Crippen LogP contribution in [0, 0.1) is 0 Å². The Labute approximate surface area is 665 Å². The van der Waals surface area contributed by atoms with Crippen molar-refractivity contribution in [3.63, 3.8) is 0 Å². The monoisotopic (exact) mass is 1550 g/mol. The van der Waals surface area contributed by atoms with E-state index in [0.29, 0.717) is 0 Å². The van der Waals surface area contributed by atoms with Crippen molar-refractivity contribution in [2.75, 3.05) is 9.80 Å². The van der Waals surface area contributed by atoms with Crippen LogP contribution in [-0.2, 0) is 31.1 Å². The Morgan fingerprint density at radius 2 is 0.676 bits per heavy atom. The van der Waals surface area contributed by atoms with E-state index < -0.39 is 0 Å². The molecule has 1 aliphatic rings. The molecule has 0 unspecified atom stereocenters. The van der Waals surface area contributed by atoms with Gasteiger partial charge in [0.05, 0.1) is 11.0 Å². The maximum Gasteiger partial charge on any atom is 0.0547 e. The molecule has 0 atom stereocenters. The van der Waals surface area contributed by atoms with Gasteiger partial charge in [0.15, 0.2) is 0 Å². The molecule has 1 aromatic heterocycles. The smallest absolute Gasteiger partial charge is 0.0547 e. The van der Waals surface area contributed by atoms with Gasteiger partial charge in [-0.25, -0.2) is 0 Å². The van der Waals surface area contributed by atoms with E-state index in [4.69, 9.17) is 0 Å². The number of hydrogen-bond donors (Lipinski definition) is 0. The van der Waals surface area contributed by atoms with E-state index in [0.717, 1.165) is 77.4 Å². The van der Waals surface area contributed by atoms with Crippen LogP contribution < -0.4 is 9.80 Å². The van der Waals surface area contributed by atoms with Crippen LogP contribution in [0.5, 0.6) is 0 Å². The average molecular weight is 1560 g/mol. The molecule has 108 heavy (non-hydrogen) atoms. The zero-order chi connectivity index (χ0) is 74.6. The van der Waals surface area contributed by atoms with Gasteiger partial charge >= 0.3 is 0 Å². The van der Waals surface area contributed by atoms with Crippen molar-refractivity contribution < 1.29 is 0 Å². The number of nitrogens with zero attached hydrogens (tertiary/aromatic N) is 3. The number of aryl methyl sites for hydroxylation is 4. The lowest BCUT2D eigenvalue weighted by atomic mass is 9.70. The zero-order valence-corrected chi connectivity index (χ0v) is 69.0. The Bertz CT molecular complexity index is 4800. The van der Waals surface area contributed by atoms with Gasteiger partial charge < -0.3 is 14.4 Å². The lowest BCUT2D eigenvalue weighted by Gasteiger charge is -2.33. The summed E-state index contributed by atoms with van der Waals surface area (Å²) in [4.78, 5) is 4.99. The van der Waals surface area contributed by atoms with Gasteiger partial charge in [0.25, 0.3) is 0 Å². The molecule has 558 valence electrons. The fourth-order valence-corrected chi connectivity index (χ4v) is 17.9. The summed E-state index contributed by atoms with van der Waals surface area (Å²) in [5.74, 6) is 0. The molecule has 1 heterocycles. The molecular formula is C103H117Br2N3. The van der Waals surface area contributed by atoms with Crippen molar-refractivity contribution in [1.82, 2.24) is 4.57 Å². The van der Waals surface area contributed by atoms with Crippen molar-refractivity contribution in [2.24, 2.45) is 0 Å². The summed E-state index contributed by atoms with van der Waals surface area (Å²) in [6, 6.07) is 92.3. The van der Waals surface area contributed by atoms with Gasteiger partial charge in [-0.3, -0.25) is 0 Å². The first-order valence-electron chi connectivity index (χ1n) is 42.1. The summed E-state index contributed by atoms with van der Waals surface area (Å²) in [6.45, 7) is 13.9. The fourth-order valence-electron chi connectivity index (χ4n) is 17.4. The molecule has 0 saturated carbocycles. The molecule has 0 N–H and O–H groups in total. The summed E-state index contributed by atoms with van der Waals surface area (Å²) in [5, 5.41) is 2.72. The number of anilines is 6. The predicted octanol–water partition coefficient (Wildman–Crippen LogP) is 32.9. The molecule has 3 nitrogen and oxygen atoms in total. The Hall–Kier alpha value is -8.22. The van der Waals surface area contributed by atoms with Crippen LogP contribution in [-0.4, -0.2) is 4.57 Å². The maximum atomic E-state index is 3.84. The van der Waals surface area contributed by atoms with Gasteiger partial charge in [0.1, 0.15) is 0 Å². The van der Waals surface area contributed by atoms with Crippen molar-refractivity contribution in [2.45, 2.75) is 240 Å². The molecule has 13 rings (SSSR count). The van der Waals surface area contributed by atoms with Gasteiger partial charge in [-0.1, -0.05) is 317 Å². The van der Waals surface area contributed by atoms with Crippen LogP contribution in [0.2, 0.25) is 0 Å². The van der Waals surface area contributed by atoms with Crippen molar-refractivity contribution >= 4 is 87.8 Å².